The van der Waals surface area contributed by atoms with Crippen LogP contribution in [0.15, 0.2) is 29.2 Å². The number of carbonyl (C=O) groups excluding carboxylic acids is 1. The van der Waals surface area contributed by atoms with E-state index in [-0.39, 0.29) is 10.5 Å². The first-order chi connectivity index (χ1) is 7.39. The number of carbonyl (C=O) groups is 1. The minimum absolute atomic E-state index is 0.164. The van der Waals surface area contributed by atoms with Crippen LogP contribution in [0.25, 0.3) is 0 Å². The minimum atomic E-state index is -3.32. The van der Waals surface area contributed by atoms with E-state index in [1.54, 1.807) is 13.8 Å². The molecule has 1 aromatic carbocycles. The third-order valence-electron chi connectivity index (χ3n) is 2.17. The van der Waals surface area contributed by atoms with E-state index in [0.717, 1.165) is 0 Å². The molecule has 0 bridgehead atoms. The zero-order valence-electron chi connectivity index (χ0n) is 8.97. The van der Waals surface area contributed by atoms with Gasteiger partial charge in [-0.3, -0.25) is 4.79 Å². The van der Waals surface area contributed by atoms with Crippen molar-refractivity contribution in [1.29, 1.82) is 5.26 Å². The molecule has 16 heavy (non-hydrogen) atoms. The Morgan fingerprint density at radius 2 is 1.75 bits per heavy atom. The van der Waals surface area contributed by atoms with Gasteiger partial charge < -0.3 is 0 Å². The molecule has 0 fully saturated rings. The van der Waals surface area contributed by atoms with Crippen LogP contribution in [0.2, 0.25) is 0 Å². The summed E-state index contributed by atoms with van der Waals surface area (Å²) in [6.07, 6.45) is 0. The number of nitrogens with zero attached hydrogens (tertiary/aromatic N) is 1. The van der Waals surface area contributed by atoms with E-state index in [1.807, 2.05) is 0 Å². The van der Waals surface area contributed by atoms with E-state index in [2.05, 4.69) is 0 Å². The number of benzene rings is 1. The summed E-state index contributed by atoms with van der Waals surface area (Å²) in [5.74, 6) is -0.673. The van der Waals surface area contributed by atoms with Gasteiger partial charge in [0.25, 0.3) is 5.78 Å². The summed E-state index contributed by atoms with van der Waals surface area (Å²) in [5, 5.41) is 7.88. The number of ketones is 1. The molecule has 0 aliphatic heterocycles. The van der Waals surface area contributed by atoms with Crippen molar-refractivity contribution in [2.24, 2.45) is 0 Å². The monoisotopic (exact) mass is 237 g/mol. The van der Waals surface area contributed by atoms with Crippen molar-refractivity contribution in [3.05, 3.63) is 29.8 Å². The lowest BCUT2D eigenvalue weighted by Gasteiger charge is -2.07. The van der Waals surface area contributed by atoms with Crippen LogP contribution in [-0.4, -0.2) is 19.5 Å². The van der Waals surface area contributed by atoms with Gasteiger partial charge >= 0.3 is 0 Å². The van der Waals surface area contributed by atoms with Crippen LogP contribution in [0.1, 0.15) is 24.2 Å². The SMILES string of the molecule is CC(C)S(=O)(=O)c1ccc(C(=O)C#N)cc1. The van der Waals surface area contributed by atoms with Crippen molar-refractivity contribution in [2.75, 3.05) is 0 Å². The average molecular weight is 237 g/mol. The molecule has 0 saturated heterocycles. The van der Waals surface area contributed by atoms with Gasteiger partial charge in [0.1, 0.15) is 6.07 Å². The van der Waals surface area contributed by atoms with Crippen molar-refractivity contribution in [3.63, 3.8) is 0 Å². The maximum atomic E-state index is 11.7. The molecule has 5 heteroatoms. The number of Topliss-reactive ketones (excluding diaryl/α,β-unsaturated/α-hetero) is 1. The van der Waals surface area contributed by atoms with Crippen LogP contribution in [-0.2, 0) is 9.84 Å². The number of nitriles is 1. The third-order valence-corrected chi connectivity index (χ3v) is 4.34. The van der Waals surface area contributed by atoms with Gasteiger partial charge in [0, 0.05) is 5.56 Å². The van der Waals surface area contributed by atoms with Gasteiger partial charge in [0.15, 0.2) is 9.84 Å². The van der Waals surface area contributed by atoms with Crippen LogP contribution in [0.3, 0.4) is 0 Å². The quantitative estimate of drug-likeness (QED) is 0.590. The molecule has 84 valence electrons. The molecule has 0 heterocycles. The van der Waals surface area contributed by atoms with E-state index in [9.17, 15) is 13.2 Å². The Balaban J connectivity index is 3.16. The fourth-order valence-electron chi connectivity index (χ4n) is 1.13. The summed E-state index contributed by atoms with van der Waals surface area (Å²) in [4.78, 5) is 11.2. The highest BCUT2D eigenvalue weighted by Gasteiger charge is 2.19. The predicted molar refractivity (Wildman–Crippen MR) is 58.7 cm³/mol. The maximum Gasteiger partial charge on any atom is 0.262 e. The average Bonchev–Trinajstić information content (AvgIpc) is 2.28. The standard InChI is InChI=1S/C11H11NO3S/c1-8(2)16(14,15)10-5-3-9(4-6-10)11(13)7-12/h3-6,8H,1-2H3. The normalized spacial score (nSPS) is 11.1. The highest BCUT2D eigenvalue weighted by atomic mass is 32.2. The predicted octanol–water partition coefficient (Wildman–Crippen LogP) is 1.57. The molecule has 0 N–H and O–H groups in total. The van der Waals surface area contributed by atoms with Gasteiger partial charge in [-0.15, -0.1) is 0 Å². The van der Waals surface area contributed by atoms with Gasteiger partial charge in [0.2, 0.25) is 0 Å². The van der Waals surface area contributed by atoms with Crippen molar-refractivity contribution in [1.82, 2.24) is 0 Å². The zero-order chi connectivity index (χ0) is 12.3. The second-order valence-electron chi connectivity index (χ2n) is 3.56. The first kappa shape index (κ1) is 12.4. The summed E-state index contributed by atoms with van der Waals surface area (Å²) in [5.41, 5.74) is 0.199. The molecule has 0 saturated carbocycles. The lowest BCUT2D eigenvalue weighted by atomic mass is 10.1. The Labute approximate surface area is 94.4 Å². The van der Waals surface area contributed by atoms with Gasteiger partial charge in [-0.05, 0) is 38.1 Å². The Morgan fingerprint density at radius 1 is 1.25 bits per heavy atom. The largest absolute Gasteiger partial charge is 0.277 e. The van der Waals surface area contributed by atoms with Crippen molar-refractivity contribution < 1.29 is 13.2 Å². The second-order valence-corrected chi connectivity index (χ2v) is 6.06. The lowest BCUT2D eigenvalue weighted by Crippen LogP contribution is -2.14. The van der Waals surface area contributed by atoms with Gasteiger partial charge in [-0.1, -0.05) is 0 Å². The molecule has 0 aliphatic rings. The molecular weight excluding hydrogens is 226 g/mol. The molecular formula is C11H11NO3S. The van der Waals surface area contributed by atoms with E-state index >= 15 is 0 Å². The Morgan fingerprint density at radius 3 is 2.12 bits per heavy atom. The molecule has 0 radical (unpaired) electrons. The lowest BCUT2D eigenvalue weighted by molar-refractivity contribution is 0.105. The first-order valence-corrected chi connectivity index (χ1v) is 6.22. The molecule has 0 aromatic heterocycles. The molecule has 4 nitrogen and oxygen atoms in total. The molecule has 1 rings (SSSR count). The van der Waals surface area contributed by atoms with E-state index in [1.165, 1.54) is 30.3 Å². The molecule has 1 aromatic rings. The number of hydrogen-bond donors (Lipinski definition) is 0. The Hall–Kier alpha value is -1.67. The van der Waals surface area contributed by atoms with Gasteiger partial charge in [-0.2, -0.15) is 5.26 Å². The van der Waals surface area contributed by atoms with Crippen LogP contribution in [0, 0.1) is 11.3 Å². The first-order valence-electron chi connectivity index (χ1n) is 4.68. The van der Waals surface area contributed by atoms with E-state index < -0.39 is 20.9 Å². The second kappa shape index (κ2) is 4.45. The fraction of sp³-hybridized carbons (Fsp3) is 0.273. The third kappa shape index (κ3) is 2.28. The molecule has 0 unspecified atom stereocenters. The smallest absolute Gasteiger partial charge is 0.262 e. The van der Waals surface area contributed by atoms with Crippen molar-refractivity contribution >= 4 is 15.6 Å². The van der Waals surface area contributed by atoms with Crippen LogP contribution >= 0.6 is 0 Å². The van der Waals surface area contributed by atoms with Gasteiger partial charge in [-0.25, -0.2) is 8.42 Å². The number of rotatable bonds is 3. The molecule has 0 aliphatic carbocycles. The summed E-state index contributed by atoms with van der Waals surface area (Å²) >= 11 is 0. The molecule has 0 spiro atoms. The number of hydrogen-bond acceptors (Lipinski definition) is 4. The zero-order valence-corrected chi connectivity index (χ0v) is 9.78. The van der Waals surface area contributed by atoms with Crippen molar-refractivity contribution in [3.8, 4) is 6.07 Å². The summed E-state index contributed by atoms with van der Waals surface area (Å²) in [6, 6.07) is 6.86. The Bertz CT molecular complexity index is 536. The van der Waals surface area contributed by atoms with Crippen molar-refractivity contribution in [2.45, 2.75) is 24.0 Å². The topological polar surface area (TPSA) is 75.0 Å². The fourth-order valence-corrected chi connectivity index (χ4v) is 2.19. The Kier molecular flexibility index (Phi) is 3.45. The summed E-state index contributed by atoms with van der Waals surface area (Å²) in [7, 11) is -3.32. The van der Waals surface area contributed by atoms with Crippen LogP contribution < -0.4 is 0 Å². The van der Waals surface area contributed by atoms with E-state index in [0.29, 0.717) is 0 Å². The summed E-state index contributed by atoms with van der Waals surface area (Å²) in [6.45, 7) is 3.17. The highest BCUT2D eigenvalue weighted by molar-refractivity contribution is 7.92. The van der Waals surface area contributed by atoms with Gasteiger partial charge in [0.05, 0.1) is 10.1 Å². The highest BCUT2D eigenvalue weighted by Crippen LogP contribution is 2.16. The van der Waals surface area contributed by atoms with Crippen LogP contribution in [0.5, 0.6) is 0 Å². The summed E-state index contributed by atoms with van der Waals surface area (Å²) < 4.78 is 23.5. The van der Waals surface area contributed by atoms with Crippen LogP contribution in [0.4, 0.5) is 0 Å². The molecule has 0 atom stereocenters. The number of sulfone groups is 1. The molecule has 0 amide bonds. The van der Waals surface area contributed by atoms with E-state index in [4.69, 9.17) is 5.26 Å². The minimum Gasteiger partial charge on any atom is -0.277 e. The maximum absolute atomic E-state index is 11.7.